The number of nitrogens with zero attached hydrogens (tertiary/aromatic N) is 1. The molecule has 5 heteroatoms. The Morgan fingerprint density at radius 1 is 1.67 bits per heavy atom. The second kappa shape index (κ2) is 3.64. The average Bonchev–Trinajstić information content (AvgIpc) is 2.04. The molecule has 0 aliphatic heterocycles. The van der Waals surface area contributed by atoms with Gasteiger partial charge in [0.2, 0.25) is 0 Å². The van der Waals surface area contributed by atoms with Gasteiger partial charge in [0.15, 0.2) is 0 Å². The van der Waals surface area contributed by atoms with E-state index in [4.69, 9.17) is 10.8 Å². The van der Waals surface area contributed by atoms with Crippen molar-refractivity contribution >= 4 is 21.9 Å². The van der Waals surface area contributed by atoms with Crippen molar-refractivity contribution in [2.45, 2.75) is 6.04 Å². The van der Waals surface area contributed by atoms with E-state index in [1.54, 1.807) is 12.1 Å². The van der Waals surface area contributed by atoms with E-state index in [0.717, 1.165) is 4.47 Å². The monoisotopic (exact) mass is 230 g/mol. The highest BCUT2D eigenvalue weighted by molar-refractivity contribution is 9.10. The Kier molecular flexibility index (Phi) is 2.78. The average molecular weight is 231 g/mol. The molecule has 1 atom stereocenters. The van der Waals surface area contributed by atoms with Crippen LogP contribution in [0.2, 0.25) is 0 Å². The van der Waals surface area contributed by atoms with Crippen LogP contribution in [0, 0.1) is 0 Å². The maximum absolute atomic E-state index is 10.4. The Balaban J connectivity index is 2.89. The SMILES string of the molecule is N[C@H](C(=O)O)c1ccc(Br)cn1. The first-order valence-electron chi connectivity index (χ1n) is 3.21. The number of pyridine rings is 1. The van der Waals surface area contributed by atoms with E-state index in [-0.39, 0.29) is 0 Å². The highest BCUT2D eigenvalue weighted by Gasteiger charge is 2.14. The summed E-state index contributed by atoms with van der Waals surface area (Å²) >= 11 is 3.18. The van der Waals surface area contributed by atoms with Crippen LogP contribution in [0.5, 0.6) is 0 Å². The molecule has 3 N–H and O–H groups in total. The molecule has 0 amide bonds. The van der Waals surface area contributed by atoms with Gasteiger partial charge in [-0.05, 0) is 28.1 Å². The number of carboxylic acid groups (broad SMARTS) is 1. The van der Waals surface area contributed by atoms with Crippen molar-refractivity contribution < 1.29 is 9.90 Å². The van der Waals surface area contributed by atoms with Crippen molar-refractivity contribution in [3.05, 3.63) is 28.5 Å². The fourth-order valence-electron chi connectivity index (χ4n) is 0.698. The van der Waals surface area contributed by atoms with Gasteiger partial charge >= 0.3 is 5.97 Å². The van der Waals surface area contributed by atoms with Crippen LogP contribution in [-0.4, -0.2) is 16.1 Å². The molecule has 12 heavy (non-hydrogen) atoms. The quantitative estimate of drug-likeness (QED) is 0.793. The molecule has 1 aromatic rings. The lowest BCUT2D eigenvalue weighted by atomic mass is 10.2. The number of rotatable bonds is 2. The number of carboxylic acids is 1. The number of hydrogen-bond donors (Lipinski definition) is 2. The van der Waals surface area contributed by atoms with Crippen molar-refractivity contribution in [1.82, 2.24) is 4.98 Å². The summed E-state index contributed by atoms with van der Waals surface area (Å²) in [4.78, 5) is 14.3. The van der Waals surface area contributed by atoms with E-state index in [0.29, 0.717) is 5.69 Å². The number of aliphatic carboxylic acids is 1. The summed E-state index contributed by atoms with van der Waals surface area (Å²) in [5.41, 5.74) is 5.66. The van der Waals surface area contributed by atoms with E-state index in [1.807, 2.05) is 0 Å². The summed E-state index contributed by atoms with van der Waals surface area (Å²) in [6.07, 6.45) is 1.51. The summed E-state index contributed by atoms with van der Waals surface area (Å²) in [5.74, 6) is -1.08. The molecule has 0 unspecified atom stereocenters. The van der Waals surface area contributed by atoms with Crippen LogP contribution in [0.1, 0.15) is 11.7 Å². The Morgan fingerprint density at radius 3 is 2.75 bits per heavy atom. The molecule has 0 aromatic carbocycles. The molecule has 0 fully saturated rings. The fourth-order valence-corrected chi connectivity index (χ4v) is 0.932. The molecule has 0 bridgehead atoms. The first-order valence-corrected chi connectivity index (χ1v) is 4.00. The third kappa shape index (κ3) is 2.02. The summed E-state index contributed by atoms with van der Waals surface area (Å²) < 4.78 is 0.795. The minimum absolute atomic E-state index is 0.353. The first-order chi connectivity index (χ1) is 5.61. The largest absolute Gasteiger partial charge is 0.480 e. The minimum atomic E-state index is -1.08. The van der Waals surface area contributed by atoms with Crippen molar-refractivity contribution in [2.75, 3.05) is 0 Å². The van der Waals surface area contributed by atoms with Crippen LogP contribution in [0.3, 0.4) is 0 Å². The van der Waals surface area contributed by atoms with Gasteiger partial charge in [-0.2, -0.15) is 0 Å². The Morgan fingerprint density at radius 2 is 2.33 bits per heavy atom. The molecular weight excluding hydrogens is 224 g/mol. The summed E-state index contributed by atoms with van der Waals surface area (Å²) in [7, 11) is 0. The van der Waals surface area contributed by atoms with Crippen molar-refractivity contribution in [3.8, 4) is 0 Å². The second-order valence-corrected chi connectivity index (χ2v) is 3.13. The molecule has 0 spiro atoms. The standard InChI is InChI=1S/C7H7BrN2O2/c8-4-1-2-5(10-3-4)6(9)7(11)12/h1-3,6H,9H2,(H,11,12)/t6-/m0/s1. The lowest BCUT2D eigenvalue weighted by Crippen LogP contribution is -2.21. The molecule has 0 saturated heterocycles. The van der Waals surface area contributed by atoms with Gasteiger partial charge in [-0.15, -0.1) is 0 Å². The van der Waals surface area contributed by atoms with Crippen molar-refractivity contribution in [1.29, 1.82) is 0 Å². The van der Waals surface area contributed by atoms with Gasteiger partial charge in [-0.25, -0.2) is 0 Å². The van der Waals surface area contributed by atoms with E-state index < -0.39 is 12.0 Å². The molecule has 1 heterocycles. The topological polar surface area (TPSA) is 76.2 Å². The molecule has 0 saturated carbocycles. The fraction of sp³-hybridized carbons (Fsp3) is 0.143. The lowest BCUT2D eigenvalue weighted by molar-refractivity contribution is -0.138. The zero-order valence-electron chi connectivity index (χ0n) is 6.07. The van der Waals surface area contributed by atoms with Crippen LogP contribution >= 0.6 is 15.9 Å². The molecule has 64 valence electrons. The third-order valence-electron chi connectivity index (χ3n) is 1.33. The molecular formula is C7H7BrN2O2. The van der Waals surface area contributed by atoms with Crippen LogP contribution in [0.15, 0.2) is 22.8 Å². The van der Waals surface area contributed by atoms with Gasteiger partial charge in [0.1, 0.15) is 6.04 Å². The summed E-state index contributed by atoms with van der Waals surface area (Å²) in [6.45, 7) is 0. The Hall–Kier alpha value is -0.940. The predicted molar refractivity (Wildman–Crippen MR) is 46.5 cm³/mol. The number of hydrogen-bond acceptors (Lipinski definition) is 3. The maximum atomic E-state index is 10.4. The predicted octanol–water partition coefficient (Wildman–Crippen LogP) is 0.928. The normalized spacial score (nSPS) is 12.5. The lowest BCUT2D eigenvalue weighted by Gasteiger charge is -2.04. The molecule has 0 radical (unpaired) electrons. The van der Waals surface area contributed by atoms with E-state index in [2.05, 4.69) is 20.9 Å². The third-order valence-corrected chi connectivity index (χ3v) is 1.80. The van der Waals surface area contributed by atoms with E-state index in [1.165, 1.54) is 6.20 Å². The molecule has 0 aliphatic carbocycles. The molecule has 4 nitrogen and oxygen atoms in total. The zero-order valence-corrected chi connectivity index (χ0v) is 7.65. The van der Waals surface area contributed by atoms with Gasteiger partial charge in [0.25, 0.3) is 0 Å². The summed E-state index contributed by atoms with van der Waals surface area (Å²) in [6, 6.07) is 2.23. The molecule has 1 rings (SSSR count). The van der Waals surface area contributed by atoms with Crippen molar-refractivity contribution in [3.63, 3.8) is 0 Å². The number of carbonyl (C=O) groups is 1. The smallest absolute Gasteiger partial charge is 0.326 e. The van der Waals surface area contributed by atoms with E-state index >= 15 is 0 Å². The second-order valence-electron chi connectivity index (χ2n) is 2.22. The van der Waals surface area contributed by atoms with Gasteiger partial charge in [0, 0.05) is 10.7 Å². The van der Waals surface area contributed by atoms with Crippen LogP contribution in [0.4, 0.5) is 0 Å². The first kappa shape index (κ1) is 9.15. The van der Waals surface area contributed by atoms with Crippen LogP contribution < -0.4 is 5.73 Å². The Bertz CT molecular complexity index is 286. The zero-order chi connectivity index (χ0) is 9.14. The minimum Gasteiger partial charge on any atom is -0.480 e. The Labute approximate surface area is 77.5 Å². The highest BCUT2D eigenvalue weighted by Crippen LogP contribution is 2.11. The number of halogens is 1. The van der Waals surface area contributed by atoms with Gasteiger partial charge in [-0.1, -0.05) is 0 Å². The van der Waals surface area contributed by atoms with E-state index in [9.17, 15) is 4.79 Å². The summed E-state index contributed by atoms with van der Waals surface area (Å²) in [5, 5.41) is 8.53. The number of nitrogens with two attached hydrogens (primary N) is 1. The van der Waals surface area contributed by atoms with Crippen molar-refractivity contribution in [2.24, 2.45) is 5.73 Å². The highest BCUT2D eigenvalue weighted by atomic mass is 79.9. The molecule has 0 aliphatic rings. The van der Waals surface area contributed by atoms with Gasteiger partial charge < -0.3 is 10.8 Å². The van der Waals surface area contributed by atoms with Crippen LogP contribution in [0.25, 0.3) is 0 Å². The number of aromatic nitrogens is 1. The van der Waals surface area contributed by atoms with Crippen LogP contribution in [-0.2, 0) is 4.79 Å². The molecule has 1 aromatic heterocycles. The maximum Gasteiger partial charge on any atom is 0.326 e. The van der Waals surface area contributed by atoms with Gasteiger partial charge in [0.05, 0.1) is 5.69 Å². The van der Waals surface area contributed by atoms with Gasteiger partial charge in [-0.3, -0.25) is 9.78 Å².